The number of carbonyl (C=O) groups excluding carboxylic acids is 3. The molecule has 166 valence electrons. The molecule has 2 aliphatic heterocycles. The third-order valence-electron chi connectivity index (χ3n) is 5.47. The van der Waals surface area contributed by atoms with Crippen molar-refractivity contribution in [2.45, 2.75) is 12.6 Å². The number of nitrogens with one attached hydrogen (secondary N) is 1. The number of morpholine rings is 1. The Morgan fingerprint density at radius 3 is 2.66 bits per heavy atom. The first-order valence-electron chi connectivity index (χ1n) is 10.2. The van der Waals surface area contributed by atoms with Gasteiger partial charge in [0.2, 0.25) is 5.91 Å². The molecular formula is C22H22N4O6. The number of fused-ring (bicyclic) bond motifs is 1. The first kappa shape index (κ1) is 21.6. The molecule has 32 heavy (non-hydrogen) atoms. The Bertz CT molecular complexity index is 1060. The second kappa shape index (κ2) is 9.25. The fourth-order valence-electron chi connectivity index (χ4n) is 3.93. The molecule has 1 atom stereocenters. The third-order valence-corrected chi connectivity index (χ3v) is 5.47. The number of carbonyl (C=O) groups is 3. The van der Waals surface area contributed by atoms with Crippen molar-refractivity contribution in [1.29, 1.82) is 0 Å². The van der Waals surface area contributed by atoms with Crippen molar-refractivity contribution < 1.29 is 24.0 Å². The molecule has 2 aromatic rings. The quantitative estimate of drug-likeness (QED) is 0.392. The number of nitro benzene ring substituents is 1. The summed E-state index contributed by atoms with van der Waals surface area (Å²) in [5.74, 6) is -2.09. The molecule has 2 aromatic carbocycles. The first-order valence-corrected chi connectivity index (χ1v) is 10.2. The summed E-state index contributed by atoms with van der Waals surface area (Å²) in [7, 11) is 0. The number of imide groups is 1. The number of nitrogens with zero attached hydrogens (tertiary/aromatic N) is 3. The molecule has 4 rings (SSSR count). The monoisotopic (exact) mass is 438 g/mol. The highest BCUT2D eigenvalue weighted by atomic mass is 16.6. The van der Waals surface area contributed by atoms with E-state index in [-0.39, 0.29) is 23.8 Å². The molecular weight excluding hydrogens is 416 g/mol. The fraction of sp³-hybridized carbons (Fsp3) is 0.318. The number of ether oxygens (including phenoxy) is 1. The van der Waals surface area contributed by atoms with Crippen LogP contribution in [0.15, 0.2) is 48.5 Å². The highest BCUT2D eigenvalue weighted by Gasteiger charge is 2.41. The van der Waals surface area contributed by atoms with Crippen LogP contribution >= 0.6 is 0 Å². The highest BCUT2D eigenvalue weighted by Crippen LogP contribution is 2.30. The number of nitro groups is 1. The Labute approximate surface area is 183 Å². The largest absolute Gasteiger partial charge is 0.374 e. The van der Waals surface area contributed by atoms with Gasteiger partial charge in [-0.2, -0.15) is 0 Å². The molecule has 0 radical (unpaired) electrons. The van der Waals surface area contributed by atoms with Crippen molar-refractivity contribution in [2.24, 2.45) is 0 Å². The lowest BCUT2D eigenvalue weighted by Gasteiger charge is -2.33. The van der Waals surface area contributed by atoms with Crippen LogP contribution in [0.2, 0.25) is 0 Å². The molecule has 0 saturated carbocycles. The molecule has 3 amide bonds. The van der Waals surface area contributed by atoms with Gasteiger partial charge in [0.15, 0.2) is 0 Å². The zero-order valence-corrected chi connectivity index (χ0v) is 17.2. The maximum atomic E-state index is 12.6. The summed E-state index contributed by atoms with van der Waals surface area (Å²) in [5.41, 5.74) is 0.404. The van der Waals surface area contributed by atoms with Gasteiger partial charge >= 0.3 is 0 Å². The summed E-state index contributed by atoms with van der Waals surface area (Å²) in [4.78, 5) is 50.9. The maximum absolute atomic E-state index is 12.6. The molecule has 10 nitrogen and oxygen atoms in total. The molecule has 0 aromatic heterocycles. The van der Waals surface area contributed by atoms with Gasteiger partial charge in [-0.05, 0) is 11.6 Å². The van der Waals surface area contributed by atoms with Gasteiger partial charge in [-0.3, -0.25) is 34.3 Å². The van der Waals surface area contributed by atoms with Crippen LogP contribution in [0.3, 0.4) is 0 Å². The molecule has 2 heterocycles. The van der Waals surface area contributed by atoms with E-state index in [0.717, 1.165) is 24.1 Å². The lowest BCUT2D eigenvalue weighted by atomic mass is 10.1. The van der Waals surface area contributed by atoms with Crippen molar-refractivity contribution in [3.8, 4) is 0 Å². The number of rotatable bonds is 7. The summed E-state index contributed by atoms with van der Waals surface area (Å²) >= 11 is 0. The van der Waals surface area contributed by atoms with Gasteiger partial charge in [-0.25, -0.2) is 0 Å². The van der Waals surface area contributed by atoms with Gasteiger partial charge in [-0.15, -0.1) is 0 Å². The van der Waals surface area contributed by atoms with Crippen molar-refractivity contribution in [3.63, 3.8) is 0 Å². The number of hydrogen-bond acceptors (Lipinski definition) is 7. The third kappa shape index (κ3) is 4.51. The highest BCUT2D eigenvalue weighted by molar-refractivity contribution is 6.24. The van der Waals surface area contributed by atoms with E-state index in [1.165, 1.54) is 17.7 Å². The predicted octanol–water partition coefficient (Wildman–Crippen LogP) is 1.21. The Morgan fingerprint density at radius 2 is 1.91 bits per heavy atom. The van der Waals surface area contributed by atoms with E-state index >= 15 is 0 Å². The van der Waals surface area contributed by atoms with Gasteiger partial charge in [0.25, 0.3) is 17.5 Å². The minimum Gasteiger partial charge on any atom is -0.374 e. The van der Waals surface area contributed by atoms with Gasteiger partial charge in [0, 0.05) is 32.2 Å². The zero-order valence-electron chi connectivity index (χ0n) is 17.2. The molecule has 1 N–H and O–H groups in total. The lowest BCUT2D eigenvalue weighted by Crippen LogP contribution is -2.48. The van der Waals surface area contributed by atoms with Crippen molar-refractivity contribution in [1.82, 2.24) is 15.1 Å². The van der Waals surface area contributed by atoms with Crippen LogP contribution in [-0.2, 0) is 16.1 Å². The van der Waals surface area contributed by atoms with Crippen molar-refractivity contribution >= 4 is 23.4 Å². The Kier molecular flexibility index (Phi) is 6.24. The Hall–Kier alpha value is -3.63. The van der Waals surface area contributed by atoms with E-state index in [1.54, 1.807) is 0 Å². The van der Waals surface area contributed by atoms with E-state index in [0.29, 0.717) is 13.2 Å². The molecule has 0 aliphatic carbocycles. The van der Waals surface area contributed by atoms with E-state index in [2.05, 4.69) is 22.3 Å². The second-order valence-corrected chi connectivity index (χ2v) is 7.67. The molecule has 1 saturated heterocycles. The number of hydrogen-bond donors (Lipinski definition) is 1. The Morgan fingerprint density at radius 1 is 1.12 bits per heavy atom. The smallest absolute Gasteiger partial charge is 0.282 e. The van der Waals surface area contributed by atoms with Crippen LogP contribution < -0.4 is 5.32 Å². The van der Waals surface area contributed by atoms with E-state index in [1.807, 2.05) is 18.2 Å². The topological polar surface area (TPSA) is 122 Å². The van der Waals surface area contributed by atoms with E-state index in [9.17, 15) is 24.5 Å². The van der Waals surface area contributed by atoms with Crippen molar-refractivity contribution in [3.05, 3.63) is 75.3 Å². The van der Waals surface area contributed by atoms with Gasteiger partial charge < -0.3 is 10.1 Å². The summed E-state index contributed by atoms with van der Waals surface area (Å²) < 4.78 is 5.72. The molecule has 2 aliphatic rings. The van der Waals surface area contributed by atoms with Crippen LogP contribution in [0.4, 0.5) is 5.69 Å². The molecule has 0 spiro atoms. The SMILES string of the molecule is O=C(CN1C(=O)c2cccc([N+](=O)[O-])c2C1=O)NCC1CN(Cc2ccccc2)CCO1. The molecule has 1 fully saturated rings. The van der Waals surface area contributed by atoms with Crippen molar-refractivity contribution in [2.75, 3.05) is 32.8 Å². The summed E-state index contributed by atoms with van der Waals surface area (Å²) in [5, 5.41) is 13.9. The average molecular weight is 438 g/mol. The van der Waals surface area contributed by atoms with Crippen LogP contribution in [0.25, 0.3) is 0 Å². The second-order valence-electron chi connectivity index (χ2n) is 7.67. The normalized spacial score (nSPS) is 18.5. The van der Waals surface area contributed by atoms with Crippen LogP contribution in [0, 0.1) is 10.1 Å². The number of benzene rings is 2. The van der Waals surface area contributed by atoms with Gasteiger partial charge in [0.05, 0.1) is 23.2 Å². The Balaban J connectivity index is 1.31. The standard InChI is InChI=1S/C22H22N4O6/c27-19(14-25-21(28)17-7-4-8-18(26(30)31)20(17)22(25)29)23-11-16-13-24(9-10-32-16)12-15-5-2-1-3-6-15/h1-8,16H,9-14H2,(H,23,27). The first-order chi connectivity index (χ1) is 15.4. The molecule has 10 heteroatoms. The fourth-order valence-corrected chi connectivity index (χ4v) is 3.93. The summed E-state index contributed by atoms with van der Waals surface area (Å²) in [6.45, 7) is 2.46. The maximum Gasteiger partial charge on any atom is 0.282 e. The minimum atomic E-state index is -0.838. The summed E-state index contributed by atoms with van der Waals surface area (Å²) in [6.07, 6.45) is -0.223. The average Bonchev–Trinajstić information content (AvgIpc) is 3.03. The van der Waals surface area contributed by atoms with Crippen LogP contribution in [-0.4, -0.2) is 71.3 Å². The predicted molar refractivity (Wildman–Crippen MR) is 113 cm³/mol. The van der Waals surface area contributed by atoms with Gasteiger partial charge in [-0.1, -0.05) is 36.4 Å². The molecule has 0 bridgehead atoms. The van der Waals surface area contributed by atoms with E-state index < -0.39 is 34.9 Å². The summed E-state index contributed by atoms with van der Waals surface area (Å²) in [6, 6.07) is 13.9. The zero-order chi connectivity index (χ0) is 22.7. The lowest BCUT2D eigenvalue weighted by molar-refractivity contribution is -0.385. The van der Waals surface area contributed by atoms with E-state index in [4.69, 9.17) is 4.74 Å². The van der Waals surface area contributed by atoms with Crippen LogP contribution in [0.1, 0.15) is 26.3 Å². The number of amides is 3. The minimum absolute atomic E-state index is 0.0656. The van der Waals surface area contributed by atoms with Gasteiger partial charge in [0.1, 0.15) is 12.1 Å². The van der Waals surface area contributed by atoms with Crippen LogP contribution in [0.5, 0.6) is 0 Å². The molecule has 1 unspecified atom stereocenters.